The van der Waals surface area contributed by atoms with Crippen LogP contribution in [-0.4, -0.2) is 20.0 Å². The lowest BCUT2D eigenvalue weighted by atomic mass is 10.9. The highest BCUT2D eigenvalue weighted by Crippen LogP contribution is 2.49. The number of hydrogen-bond donors (Lipinski definition) is 0. The maximum absolute atomic E-state index is 10.6. The van der Waals surface area contributed by atoms with E-state index in [2.05, 4.69) is 0 Å². The number of halogens is 2. The summed E-state index contributed by atoms with van der Waals surface area (Å²) in [6.07, 6.45) is 2.30. The van der Waals surface area contributed by atoms with Gasteiger partial charge >= 0.3 is 0 Å². The Labute approximate surface area is 60.8 Å². The molecular weight excluding hydrogens is 167 g/mol. The average Bonchev–Trinajstić information content (AvgIpc) is 2.13. The summed E-state index contributed by atoms with van der Waals surface area (Å²) in [5.74, 6) is 0. The van der Waals surface area contributed by atoms with Gasteiger partial charge in [-0.1, -0.05) is 0 Å². The Bertz CT molecular complexity index is 134. The van der Waals surface area contributed by atoms with E-state index in [0.717, 1.165) is 0 Å². The molecule has 1 nitrogen and oxygen atoms in total. The van der Waals surface area contributed by atoms with Crippen molar-refractivity contribution in [3.05, 3.63) is 0 Å². The first-order valence-electron chi connectivity index (χ1n) is 2.24. The number of alkyl halides is 2. The van der Waals surface area contributed by atoms with E-state index in [-0.39, 0.29) is 5.25 Å². The molecule has 48 valence electrons. The zero-order valence-electron chi connectivity index (χ0n) is 4.36. The monoisotopic (exact) mass is 172 g/mol. The van der Waals surface area contributed by atoms with Gasteiger partial charge in [0.25, 0.3) is 0 Å². The second-order valence-electron chi connectivity index (χ2n) is 1.95. The van der Waals surface area contributed by atoms with Crippen molar-refractivity contribution in [3.63, 3.8) is 0 Å². The van der Waals surface area contributed by atoms with E-state index in [4.69, 9.17) is 23.2 Å². The van der Waals surface area contributed by atoms with Crippen LogP contribution in [0.3, 0.4) is 0 Å². The van der Waals surface area contributed by atoms with Crippen molar-refractivity contribution in [1.29, 1.82) is 0 Å². The molecule has 1 fully saturated rings. The molecule has 2 unspecified atom stereocenters. The van der Waals surface area contributed by atoms with Crippen LogP contribution < -0.4 is 0 Å². The van der Waals surface area contributed by atoms with Crippen LogP contribution in [0.15, 0.2) is 0 Å². The molecule has 8 heavy (non-hydrogen) atoms. The van der Waals surface area contributed by atoms with E-state index >= 15 is 0 Å². The summed E-state index contributed by atoms with van der Waals surface area (Å²) in [5, 5.41) is 0.0193. The van der Waals surface area contributed by atoms with Gasteiger partial charge in [-0.05, 0) is 6.42 Å². The lowest BCUT2D eigenvalue weighted by Gasteiger charge is -1.91. The Balaban J connectivity index is 2.48. The second-order valence-corrected chi connectivity index (χ2v) is 5.06. The van der Waals surface area contributed by atoms with E-state index in [1.165, 1.54) is 0 Å². The van der Waals surface area contributed by atoms with Crippen LogP contribution in [0.1, 0.15) is 6.42 Å². The van der Waals surface area contributed by atoms with E-state index in [0.29, 0.717) is 6.42 Å². The van der Waals surface area contributed by atoms with Gasteiger partial charge < -0.3 is 0 Å². The summed E-state index contributed by atoms with van der Waals surface area (Å²) in [4.78, 5) is 0. The largest absolute Gasteiger partial charge is 0.259 e. The molecule has 0 amide bonds. The van der Waals surface area contributed by atoms with Gasteiger partial charge in [0, 0.05) is 17.1 Å². The lowest BCUT2D eigenvalue weighted by molar-refractivity contribution is 0.686. The van der Waals surface area contributed by atoms with Crippen LogP contribution in [-0.2, 0) is 10.8 Å². The van der Waals surface area contributed by atoms with E-state index in [9.17, 15) is 4.21 Å². The first kappa shape index (κ1) is 6.84. The maximum Gasteiger partial charge on any atom is 0.133 e. The fraction of sp³-hybridized carbons (Fsp3) is 1.00. The van der Waals surface area contributed by atoms with Crippen LogP contribution in [0.2, 0.25) is 0 Å². The Morgan fingerprint density at radius 3 is 2.12 bits per heavy atom. The van der Waals surface area contributed by atoms with Gasteiger partial charge in [0.15, 0.2) is 0 Å². The summed E-state index contributed by atoms with van der Waals surface area (Å²) < 4.78 is 9.90. The van der Waals surface area contributed by atoms with Gasteiger partial charge in [0.1, 0.15) is 4.33 Å². The van der Waals surface area contributed by atoms with Gasteiger partial charge in [0.2, 0.25) is 0 Å². The molecule has 0 saturated heterocycles. The fourth-order valence-corrected chi connectivity index (χ4v) is 2.78. The van der Waals surface area contributed by atoms with Crippen molar-refractivity contribution in [3.8, 4) is 0 Å². The smallest absolute Gasteiger partial charge is 0.133 e. The molecule has 0 heterocycles. The zero-order chi connectivity index (χ0) is 6.36. The van der Waals surface area contributed by atoms with Crippen molar-refractivity contribution in [2.75, 3.05) is 6.26 Å². The Morgan fingerprint density at radius 2 is 2.12 bits per heavy atom. The highest BCUT2D eigenvalue weighted by atomic mass is 35.5. The van der Waals surface area contributed by atoms with Gasteiger partial charge in [-0.25, -0.2) is 0 Å². The molecule has 1 aliphatic carbocycles. The summed E-state index contributed by atoms with van der Waals surface area (Å²) in [6.45, 7) is 0. The third-order valence-corrected chi connectivity index (χ3v) is 3.63. The minimum absolute atomic E-state index is 0.0193. The predicted octanol–water partition coefficient (Wildman–Crippen LogP) is 1.31. The van der Waals surface area contributed by atoms with Gasteiger partial charge in [-0.2, -0.15) is 0 Å². The van der Waals surface area contributed by atoms with Crippen LogP contribution in [0.4, 0.5) is 0 Å². The normalized spacial score (nSPS) is 36.6. The van der Waals surface area contributed by atoms with Crippen molar-refractivity contribution in [1.82, 2.24) is 0 Å². The van der Waals surface area contributed by atoms with Crippen molar-refractivity contribution >= 4 is 34.0 Å². The Morgan fingerprint density at radius 1 is 1.75 bits per heavy atom. The Hall–Kier alpha value is 0.730. The van der Waals surface area contributed by atoms with Crippen molar-refractivity contribution in [2.45, 2.75) is 16.0 Å². The van der Waals surface area contributed by atoms with Crippen LogP contribution in [0.25, 0.3) is 0 Å². The fourth-order valence-electron chi connectivity index (χ4n) is 0.548. The molecule has 0 N–H and O–H groups in total. The molecule has 0 aromatic carbocycles. The van der Waals surface area contributed by atoms with Crippen molar-refractivity contribution < 1.29 is 4.21 Å². The molecule has 0 aliphatic heterocycles. The van der Waals surface area contributed by atoms with E-state index < -0.39 is 15.1 Å². The molecule has 1 aliphatic rings. The second kappa shape index (κ2) is 1.86. The standard InChI is InChI=1S/C4H6Cl2OS/c1-8(7)3-2-4(3,5)6/h3H,2H2,1H3. The van der Waals surface area contributed by atoms with Crippen molar-refractivity contribution in [2.24, 2.45) is 0 Å². The molecule has 1 rings (SSSR count). The lowest BCUT2D eigenvalue weighted by Crippen LogP contribution is -2.01. The third-order valence-electron chi connectivity index (χ3n) is 1.17. The first-order chi connectivity index (χ1) is 3.54. The van der Waals surface area contributed by atoms with Gasteiger partial charge in [-0.15, -0.1) is 23.2 Å². The van der Waals surface area contributed by atoms with Gasteiger partial charge in [0.05, 0.1) is 5.25 Å². The van der Waals surface area contributed by atoms with Crippen LogP contribution in [0, 0.1) is 0 Å². The molecule has 4 heteroatoms. The first-order valence-corrected chi connectivity index (χ1v) is 4.62. The number of rotatable bonds is 1. The number of hydrogen-bond acceptors (Lipinski definition) is 1. The van der Waals surface area contributed by atoms with Gasteiger partial charge in [-0.3, -0.25) is 4.21 Å². The summed E-state index contributed by atoms with van der Waals surface area (Å²) in [7, 11) is -0.840. The molecular formula is C4H6Cl2OS. The topological polar surface area (TPSA) is 17.1 Å². The molecule has 0 aromatic heterocycles. The van der Waals surface area contributed by atoms with E-state index in [1.807, 2.05) is 0 Å². The molecule has 0 radical (unpaired) electrons. The van der Waals surface area contributed by atoms with E-state index in [1.54, 1.807) is 6.26 Å². The molecule has 0 bridgehead atoms. The highest BCUT2D eigenvalue weighted by Gasteiger charge is 2.54. The maximum atomic E-state index is 10.6. The molecule has 2 atom stereocenters. The summed E-state index contributed by atoms with van der Waals surface area (Å²) in [5.41, 5.74) is 0. The SMILES string of the molecule is CS(=O)C1CC1(Cl)Cl. The minimum Gasteiger partial charge on any atom is -0.259 e. The molecule has 0 aromatic rings. The predicted molar refractivity (Wildman–Crippen MR) is 36.9 cm³/mol. The molecule has 1 saturated carbocycles. The van der Waals surface area contributed by atoms with Crippen LogP contribution in [0.5, 0.6) is 0 Å². The van der Waals surface area contributed by atoms with Crippen LogP contribution >= 0.6 is 23.2 Å². The third kappa shape index (κ3) is 1.17. The quantitative estimate of drug-likeness (QED) is 0.546. The summed E-state index contributed by atoms with van der Waals surface area (Å²) in [6, 6.07) is 0. The zero-order valence-corrected chi connectivity index (χ0v) is 6.69. The average molecular weight is 173 g/mol. The summed E-state index contributed by atoms with van der Waals surface area (Å²) >= 11 is 11.1. The minimum atomic E-state index is -0.840. The highest BCUT2D eigenvalue weighted by molar-refractivity contribution is 7.85. The molecule has 0 spiro atoms. The Kier molecular flexibility index (Phi) is 1.59.